The normalized spacial score (nSPS) is 11.1. The molecule has 152 valence electrons. The molecule has 0 fully saturated rings. The molecule has 5 rings (SSSR count). The van der Waals surface area contributed by atoms with Crippen LogP contribution in [-0.2, 0) is 6.54 Å². The monoisotopic (exact) mass is 491 g/mol. The van der Waals surface area contributed by atoms with Crippen molar-refractivity contribution in [1.82, 2.24) is 9.97 Å². The highest BCUT2D eigenvalue weighted by Crippen LogP contribution is 2.32. The minimum Gasteiger partial charge on any atom is -0.451 e. The van der Waals surface area contributed by atoms with Gasteiger partial charge in [-0.1, -0.05) is 45.5 Å². The van der Waals surface area contributed by atoms with Gasteiger partial charge in [-0.3, -0.25) is 19.5 Å². The van der Waals surface area contributed by atoms with Crippen molar-refractivity contribution in [3.63, 3.8) is 0 Å². The number of hydrogen-bond donors (Lipinski definition) is 0. The van der Waals surface area contributed by atoms with Gasteiger partial charge in [-0.25, -0.2) is 4.98 Å². The fourth-order valence-electron chi connectivity index (χ4n) is 3.22. The lowest BCUT2D eigenvalue weighted by Crippen LogP contribution is -2.31. The molecular weight excluding hydrogens is 478 g/mol. The Labute approximate surface area is 188 Å². The Balaban J connectivity index is 1.62. The molecule has 1 amide bonds. The third-order valence-corrected chi connectivity index (χ3v) is 6.24. The summed E-state index contributed by atoms with van der Waals surface area (Å²) in [5, 5.41) is 0.930. The highest BCUT2D eigenvalue weighted by atomic mass is 79.9. The number of thiazole rings is 1. The zero-order chi connectivity index (χ0) is 21.4. The highest BCUT2D eigenvalue weighted by Gasteiger charge is 2.25. The standard InChI is InChI=1S/C23H14BrN3O3S/c24-14-8-9-17-21(11-14)31-23(26-17)27(13-15-5-3-4-10-25-15)22(29)20-12-18(28)16-6-1-2-7-19(16)30-20/h1-12H,13H2. The first-order valence-electron chi connectivity index (χ1n) is 9.39. The summed E-state index contributed by atoms with van der Waals surface area (Å²) in [6, 6.07) is 19.3. The molecule has 0 unspecified atom stereocenters. The average molecular weight is 492 g/mol. The lowest BCUT2D eigenvalue weighted by atomic mass is 10.2. The second-order valence-corrected chi connectivity index (χ2v) is 8.72. The van der Waals surface area contributed by atoms with Gasteiger partial charge >= 0.3 is 0 Å². The molecule has 3 heterocycles. The van der Waals surface area contributed by atoms with Crippen molar-refractivity contribution < 1.29 is 9.21 Å². The first-order chi connectivity index (χ1) is 15.1. The van der Waals surface area contributed by atoms with E-state index < -0.39 is 5.91 Å². The molecule has 0 aliphatic heterocycles. The molecule has 31 heavy (non-hydrogen) atoms. The predicted octanol–water partition coefficient (Wildman–Crippen LogP) is 5.41. The molecule has 0 aliphatic carbocycles. The summed E-state index contributed by atoms with van der Waals surface area (Å²) in [4.78, 5) is 36.5. The zero-order valence-electron chi connectivity index (χ0n) is 16.0. The van der Waals surface area contributed by atoms with Crippen LogP contribution in [0.5, 0.6) is 0 Å². The highest BCUT2D eigenvalue weighted by molar-refractivity contribution is 9.10. The third kappa shape index (κ3) is 3.87. The van der Waals surface area contributed by atoms with Crippen molar-refractivity contribution in [2.24, 2.45) is 0 Å². The molecular formula is C23H14BrN3O3S. The fourth-order valence-corrected chi connectivity index (χ4v) is 4.74. The first kappa shape index (κ1) is 19.6. The van der Waals surface area contributed by atoms with Crippen LogP contribution >= 0.6 is 27.3 Å². The maximum absolute atomic E-state index is 13.5. The lowest BCUT2D eigenvalue weighted by Gasteiger charge is -2.19. The maximum Gasteiger partial charge on any atom is 0.296 e. The molecule has 0 radical (unpaired) electrons. The van der Waals surface area contributed by atoms with E-state index in [1.165, 1.54) is 22.3 Å². The summed E-state index contributed by atoms with van der Waals surface area (Å²) in [7, 11) is 0. The second kappa shape index (κ2) is 8.05. The summed E-state index contributed by atoms with van der Waals surface area (Å²) in [5.74, 6) is -0.494. The van der Waals surface area contributed by atoms with Crippen LogP contribution in [0.15, 0.2) is 86.6 Å². The number of hydrogen-bond acceptors (Lipinski definition) is 6. The van der Waals surface area contributed by atoms with Crippen molar-refractivity contribution in [2.75, 3.05) is 4.90 Å². The van der Waals surface area contributed by atoms with Crippen LogP contribution in [0.25, 0.3) is 21.2 Å². The Morgan fingerprint density at radius 1 is 1.06 bits per heavy atom. The second-order valence-electron chi connectivity index (χ2n) is 6.79. The maximum atomic E-state index is 13.5. The van der Waals surface area contributed by atoms with Crippen molar-refractivity contribution in [2.45, 2.75) is 6.54 Å². The van der Waals surface area contributed by atoms with Crippen LogP contribution in [-0.4, -0.2) is 15.9 Å². The van der Waals surface area contributed by atoms with Crippen molar-refractivity contribution in [1.29, 1.82) is 0 Å². The van der Waals surface area contributed by atoms with E-state index in [4.69, 9.17) is 4.42 Å². The van der Waals surface area contributed by atoms with E-state index in [1.807, 2.05) is 36.4 Å². The van der Waals surface area contributed by atoms with Gasteiger partial charge in [0.2, 0.25) is 0 Å². The summed E-state index contributed by atoms with van der Waals surface area (Å²) in [6.45, 7) is 0.192. The summed E-state index contributed by atoms with van der Waals surface area (Å²) in [5.41, 5.74) is 1.57. The van der Waals surface area contributed by atoms with Gasteiger partial charge in [0, 0.05) is 16.7 Å². The van der Waals surface area contributed by atoms with Crippen LogP contribution in [0.1, 0.15) is 16.2 Å². The van der Waals surface area contributed by atoms with E-state index in [9.17, 15) is 9.59 Å². The van der Waals surface area contributed by atoms with Gasteiger partial charge in [0.15, 0.2) is 16.3 Å². The van der Waals surface area contributed by atoms with E-state index in [1.54, 1.807) is 30.5 Å². The molecule has 6 nitrogen and oxygen atoms in total. The number of anilines is 1. The zero-order valence-corrected chi connectivity index (χ0v) is 18.4. The number of carbonyl (C=O) groups is 1. The number of aromatic nitrogens is 2. The Hall–Kier alpha value is -3.36. The van der Waals surface area contributed by atoms with Crippen LogP contribution < -0.4 is 10.3 Å². The number of para-hydroxylation sites is 1. The molecule has 8 heteroatoms. The fraction of sp³-hybridized carbons (Fsp3) is 0.0435. The van der Waals surface area contributed by atoms with Crippen LogP contribution in [0.4, 0.5) is 5.13 Å². The average Bonchev–Trinajstić information content (AvgIpc) is 3.20. The summed E-state index contributed by atoms with van der Waals surface area (Å²) in [6.07, 6.45) is 1.67. The van der Waals surface area contributed by atoms with E-state index in [0.29, 0.717) is 21.8 Å². The molecule has 0 saturated heterocycles. The third-order valence-electron chi connectivity index (χ3n) is 4.71. The Kier molecular flexibility index (Phi) is 5.09. The Morgan fingerprint density at radius 3 is 2.74 bits per heavy atom. The van der Waals surface area contributed by atoms with Gasteiger partial charge in [-0.2, -0.15) is 0 Å². The molecule has 2 aromatic carbocycles. The number of nitrogens with zero attached hydrogens (tertiary/aromatic N) is 3. The first-order valence-corrected chi connectivity index (χ1v) is 11.0. The van der Waals surface area contributed by atoms with Crippen LogP contribution in [0, 0.1) is 0 Å². The minimum atomic E-state index is -0.452. The van der Waals surface area contributed by atoms with Crippen LogP contribution in [0.2, 0.25) is 0 Å². The summed E-state index contributed by atoms with van der Waals surface area (Å²) >= 11 is 4.85. The molecule has 0 saturated carbocycles. The van der Waals surface area contributed by atoms with E-state index in [2.05, 4.69) is 25.9 Å². The van der Waals surface area contributed by atoms with Crippen molar-refractivity contribution >= 4 is 59.5 Å². The molecule has 0 N–H and O–H groups in total. The van der Waals surface area contributed by atoms with Gasteiger partial charge in [-0.15, -0.1) is 0 Å². The topological polar surface area (TPSA) is 76.3 Å². The lowest BCUT2D eigenvalue weighted by molar-refractivity contribution is 0.0958. The van der Waals surface area contributed by atoms with E-state index in [-0.39, 0.29) is 17.7 Å². The van der Waals surface area contributed by atoms with Gasteiger partial charge in [-0.05, 0) is 42.5 Å². The Bertz CT molecular complexity index is 1480. The molecule has 0 aliphatic rings. The number of fused-ring (bicyclic) bond motifs is 2. The number of benzene rings is 2. The molecule has 0 bridgehead atoms. The van der Waals surface area contributed by atoms with Crippen LogP contribution in [0.3, 0.4) is 0 Å². The molecule has 0 spiro atoms. The predicted molar refractivity (Wildman–Crippen MR) is 125 cm³/mol. The van der Waals surface area contributed by atoms with Gasteiger partial charge in [0.25, 0.3) is 5.91 Å². The van der Waals surface area contributed by atoms with Crippen molar-refractivity contribution in [3.05, 3.63) is 99.1 Å². The number of carbonyl (C=O) groups excluding carboxylic acids is 1. The number of pyridine rings is 1. The smallest absolute Gasteiger partial charge is 0.296 e. The van der Waals surface area contributed by atoms with Gasteiger partial charge < -0.3 is 4.42 Å². The minimum absolute atomic E-state index is 0.0416. The Morgan fingerprint density at radius 2 is 1.90 bits per heavy atom. The molecule has 3 aromatic heterocycles. The number of amides is 1. The molecule has 5 aromatic rings. The number of halogens is 1. The van der Waals surface area contributed by atoms with Gasteiger partial charge in [0.1, 0.15) is 5.58 Å². The number of rotatable bonds is 4. The van der Waals surface area contributed by atoms with Crippen molar-refractivity contribution in [3.8, 4) is 0 Å². The summed E-state index contributed by atoms with van der Waals surface area (Å²) < 4.78 is 7.66. The van der Waals surface area contributed by atoms with E-state index in [0.717, 1.165) is 14.7 Å². The van der Waals surface area contributed by atoms with E-state index >= 15 is 0 Å². The molecule has 0 atom stereocenters. The van der Waals surface area contributed by atoms with Gasteiger partial charge in [0.05, 0.1) is 27.8 Å². The largest absolute Gasteiger partial charge is 0.451 e. The quantitative estimate of drug-likeness (QED) is 0.336. The SMILES string of the molecule is O=C(c1cc(=O)c2ccccc2o1)N(Cc1ccccn1)c1nc2ccc(Br)cc2s1.